The first-order valence-corrected chi connectivity index (χ1v) is 7.00. The maximum absolute atomic E-state index is 13.6. The third-order valence-electron chi connectivity index (χ3n) is 2.89. The minimum Gasteiger partial charge on any atom is -0.435 e. The number of ether oxygens (including phenoxy) is 1. The van der Waals surface area contributed by atoms with Crippen LogP contribution in [-0.2, 0) is 6.42 Å². The lowest BCUT2D eigenvalue weighted by Crippen LogP contribution is -2.06. The number of para-hydroxylation sites is 1. The van der Waals surface area contributed by atoms with Crippen molar-refractivity contribution < 1.29 is 22.3 Å². The first-order valence-electron chi connectivity index (χ1n) is 6.09. The van der Waals surface area contributed by atoms with Gasteiger partial charge in [0.2, 0.25) is 0 Å². The van der Waals surface area contributed by atoms with Gasteiger partial charge in [-0.3, -0.25) is 0 Å². The summed E-state index contributed by atoms with van der Waals surface area (Å²) in [5.41, 5.74) is 0.756. The average Bonchev–Trinajstić information content (AvgIpc) is 2.42. The van der Waals surface area contributed by atoms with Crippen LogP contribution in [0.5, 0.6) is 5.75 Å². The van der Waals surface area contributed by atoms with Gasteiger partial charge in [-0.05, 0) is 24.1 Å². The lowest BCUT2D eigenvalue weighted by Gasteiger charge is -2.15. The van der Waals surface area contributed by atoms with Crippen molar-refractivity contribution >= 4 is 15.9 Å². The fraction of sp³-hybridized carbons (Fsp3) is 0.200. The predicted octanol–water partition coefficient (Wildman–Crippen LogP) is 5.24. The molecule has 0 saturated heterocycles. The molecule has 112 valence electrons. The Hall–Kier alpha value is -1.56. The van der Waals surface area contributed by atoms with Crippen molar-refractivity contribution in [2.45, 2.75) is 17.9 Å². The van der Waals surface area contributed by atoms with Gasteiger partial charge in [-0.1, -0.05) is 40.2 Å². The molecule has 0 spiro atoms. The van der Waals surface area contributed by atoms with Gasteiger partial charge in [0.25, 0.3) is 0 Å². The van der Waals surface area contributed by atoms with Gasteiger partial charge in [0.15, 0.2) is 0 Å². The molecule has 0 radical (unpaired) electrons. The maximum Gasteiger partial charge on any atom is 0.387 e. The van der Waals surface area contributed by atoms with Crippen LogP contribution in [0.3, 0.4) is 0 Å². The molecule has 6 heteroatoms. The van der Waals surface area contributed by atoms with Crippen LogP contribution in [0.25, 0.3) is 0 Å². The van der Waals surface area contributed by atoms with E-state index in [0.29, 0.717) is 5.56 Å². The Balaban J connectivity index is 2.22. The molecule has 0 amide bonds. The summed E-state index contributed by atoms with van der Waals surface area (Å²) in [6.07, 6.45) is 0.176. The zero-order chi connectivity index (χ0) is 15.4. The van der Waals surface area contributed by atoms with Crippen LogP contribution >= 0.6 is 15.9 Å². The van der Waals surface area contributed by atoms with Crippen molar-refractivity contribution in [3.05, 3.63) is 65.2 Å². The van der Waals surface area contributed by atoms with E-state index in [1.807, 2.05) is 0 Å². The van der Waals surface area contributed by atoms with Gasteiger partial charge in [-0.25, -0.2) is 8.78 Å². The highest BCUT2D eigenvalue weighted by atomic mass is 79.9. The SMILES string of the molecule is Fc1ccc(CC(Br)c2ccccc2OC(F)F)c(F)c1. The van der Waals surface area contributed by atoms with Crippen LogP contribution in [0.15, 0.2) is 42.5 Å². The number of benzene rings is 2. The first-order chi connectivity index (χ1) is 9.97. The number of alkyl halides is 3. The molecule has 21 heavy (non-hydrogen) atoms. The molecule has 0 fully saturated rings. The summed E-state index contributed by atoms with van der Waals surface area (Å²) in [5.74, 6) is -1.31. The lowest BCUT2D eigenvalue weighted by molar-refractivity contribution is -0.0504. The molecule has 0 heterocycles. The Labute approximate surface area is 127 Å². The molecule has 0 bridgehead atoms. The minimum absolute atomic E-state index is 0.0249. The quantitative estimate of drug-likeness (QED) is 0.521. The monoisotopic (exact) mass is 362 g/mol. The van der Waals surface area contributed by atoms with Crippen molar-refractivity contribution in [1.29, 1.82) is 0 Å². The zero-order valence-electron chi connectivity index (χ0n) is 10.7. The van der Waals surface area contributed by atoms with Crippen molar-refractivity contribution in [2.24, 2.45) is 0 Å². The largest absolute Gasteiger partial charge is 0.435 e. The molecule has 1 unspecified atom stereocenters. The van der Waals surface area contributed by atoms with Crippen LogP contribution in [0.1, 0.15) is 16.0 Å². The lowest BCUT2D eigenvalue weighted by atomic mass is 10.0. The fourth-order valence-corrected chi connectivity index (χ4v) is 2.66. The second-order valence-electron chi connectivity index (χ2n) is 4.32. The van der Waals surface area contributed by atoms with E-state index in [9.17, 15) is 17.6 Å². The van der Waals surface area contributed by atoms with E-state index in [1.54, 1.807) is 18.2 Å². The fourth-order valence-electron chi connectivity index (χ4n) is 1.93. The third kappa shape index (κ3) is 4.20. The predicted molar refractivity (Wildman–Crippen MR) is 74.8 cm³/mol. The van der Waals surface area contributed by atoms with Crippen LogP contribution in [0, 0.1) is 11.6 Å². The molecule has 2 aromatic carbocycles. The summed E-state index contributed by atoms with van der Waals surface area (Å²) >= 11 is 3.33. The summed E-state index contributed by atoms with van der Waals surface area (Å²) in [5, 5.41) is 0. The van der Waals surface area contributed by atoms with Crippen molar-refractivity contribution in [1.82, 2.24) is 0 Å². The van der Waals surface area contributed by atoms with Crippen LogP contribution in [0.4, 0.5) is 17.6 Å². The van der Waals surface area contributed by atoms with Crippen molar-refractivity contribution in [3.8, 4) is 5.75 Å². The molecule has 0 aliphatic heterocycles. The van der Waals surface area contributed by atoms with E-state index in [0.717, 1.165) is 12.1 Å². The van der Waals surface area contributed by atoms with Gasteiger partial charge in [-0.15, -0.1) is 0 Å². The van der Waals surface area contributed by atoms with E-state index in [1.165, 1.54) is 12.1 Å². The molecule has 0 aliphatic rings. The average molecular weight is 363 g/mol. The number of hydrogen-bond acceptors (Lipinski definition) is 1. The van der Waals surface area contributed by atoms with Crippen LogP contribution in [0.2, 0.25) is 0 Å². The molecular formula is C15H11BrF4O. The Bertz CT molecular complexity index is 618. The standard InChI is InChI=1S/C15H11BrF4O/c16-12(7-9-5-6-10(17)8-13(9)18)11-3-1-2-4-14(11)21-15(19)20/h1-6,8,12,15H,7H2. The van der Waals surface area contributed by atoms with Gasteiger partial charge in [-0.2, -0.15) is 8.78 Å². The topological polar surface area (TPSA) is 9.23 Å². The van der Waals surface area contributed by atoms with E-state index in [4.69, 9.17) is 0 Å². The van der Waals surface area contributed by atoms with E-state index in [-0.39, 0.29) is 17.7 Å². The summed E-state index contributed by atoms with van der Waals surface area (Å²) in [7, 11) is 0. The van der Waals surface area contributed by atoms with Gasteiger partial charge in [0.05, 0.1) is 0 Å². The molecule has 2 aromatic rings. The molecule has 1 atom stereocenters. The highest BCUT2D eigenvalue weighted by molar-refractivity contribution is 9.09. The van der Waals surface area contributed by atoms with Gasteiger partial charge >= 0.3 is 6.61 Å². The van der Waals surface area contributed by atoms with Gasteiger partial charge < -0.3 is 4.74 Å². The molecule has 2 rings (SSSR count). The highest BCUT2D eigenvalue weighted by Crippen LogP contribution is 2.35. The summed E-state index contributed by atoms with van der Waals surface area (Å²) in [6.45, 7) is -2.94. The molecule has 0 saturated carbocycles. The highest BCUT2D eigenvalue weighted by Gasteiger charge is 2.17. The second-order valence-corrected chi connectivity index (χ2v) is 5.43. The van der Waals surface area contributed by atoms with Crippen molar-refractivity contribution in [3.63, 3.8) is 0 Å². The summed E-state index contributed by atoms with van der Waals surface area (Å²) in [4.78, 5) is -0.438. The smallest absolute Gasteiger partial charge is 0.387 e. The van der Waals surface area contributed by atoms with Crippen LogP contribution in [-0.4, -0.2) is 6.61 Å². The summed E-state index contributed by atoms with van der Waals surface area (Å²) < 4.78 is 55.6. The Kier molecular flexibility index (Phi) is 5.22. The van der Waals surface area contributed by atoms with Crippen LogP contribution < -0.4 is 4.74 Å². The van der Waals surface area contributed by atoms with E-state index >= 15 is 0 Å². The van der Waals surface area contributed by atoms with Gasteiger partial charge in [0, 0.05) is 16.5 Å². The van der Waals surface area contributed by atoms with Gasteiger partial charge in [0.1, 0.15) is 17.4 Å². The first kappa shape index (κ1) is 15.8. The summed E-state index contributed by atoms with van der Waals surface area (Å²) in [6, 6.07) is 9.53. The Morgan fingerprint density at radius 3 is 2.43 bits per heavy atom. The maximum atomic E-state index is 13.6. The van der Waals surface area contributed by atoms with E-state index in [2.05, 4.69) is 20.7 Å². The molecule has 1 nitrogen and oxygen atoms in total. The second kappa shape index (κ2) is 6.93. The molecule has 0 aliphatic carbocycles. The van der Waals surface area contributed by atoms with E-state index < -0.39 is 23.1 Å². The number of rotatable bonds is 5. The number of halogens is 5. The Morgan fingerprint density at radius 2 is 1.76 bits per heavy atom. The Morgan fingerprint density at radius 1 is 1.05 bits per heavy atom. The normalized spacial score (nSPS) is 12.5. The minimum atomic E-state index is -2.94. The molecule has 0 aromatic heterocycles. The molecular weight excluding hydrogens is 352 g/mol. The zero-order valence-corrected chi connectivity index (χ0v) is 12.3. The van der Waals surface area contributed by atoms with Crippen molar-refractivity contribution in [2.75, 3.05) is 0 Å². The number of hydrogen-bond donors (Lipinski definition) is 0. The third-order valence-corrected chi connectivity index (χ3v) is 3.70. The molecule has 0 N–H and O–H groups in total.